The Kier molecular flexibility index (Phi) is 4.12. The number of fused-ring (bicyclic) bond motifs is 2. The highest BCUT2D eigenvalue weighted by Crippen LogP contribution is 2.34. The van der Waals surface area contributed by atoms with E-state index in [0.29, 0.717) is 11.9 Å². The van der Waals surface area contributed by atoms with Crippen LogP contribution in [0.5, 0.6) is 5.88 Å². The van der Waals surface area contributed by atoms with Crippen LogP contribution in [0.1, 0.15) is 18.4 Å². The van der Waals surface area contributed by atoms with Crippen LogP contribution in [0.4, 0.5) is 5.82 Å². The van der Waals surface area contributed by atoms with Gasteiger partial charge in [0.2, 0.25) is 5.88 Å². The van der Waals surface area contributed by atoms with Crippen LogP contribution in [0.3, 0.4) is 0 Å². The highest BCUT2D eigenvalue weighted by atomic mass is 16.5. The maximum absolute atomic E-state index is 5.16. The van der Waals surface area contributed by atoms with E-state index in [1.165, 1.54) is 18.4 Å². The molecule has 2 fully saturated rings. The maximum atomic E-state index is 5.16. The topological polar surface area (TPSA) is 71.7 Å². The van der Waals surface area contributed by atoms with Crippen molar-refractivity contribution in [2.75, 3.05) is 31.6 Å². The minimum Gasteiger partial charge on any atom is -0.481 e. The molecule has 0 N–H and O–H groups in total. The van der Waals surface area contributed by atoms with Crippen LogP contribution in [-0.2, 0) is 6.54 Å². The predicted molar refractivity (Wildman–Crippen MR) is 101 cm³/mol. The molecule has 0 aromatic carbocycles. The van der Waals surface area contributed by atoms with E-state index in [1.54, 1.807) is 18.0 Å². The first-order valence-corrected chi connectivity index (χ1v) is 9.45. The van der Waals surface area contributed by atoms with Gasteiger partial charge < -0.3 is 9.64 Å². The van der Waals surface area contributed by atoms with Gasteiger partial charge in [-0.25, -0.2) is 4.98 Å². The highest BCUT2D eigenvalue weighted by molar-refractivity contribution is 5.45. The zero-order chi connectivity index (χ0) is 18.2. The summed E-state index contributed by atoms with van der Waals surface area (Å²) in [5, 5.41) is 12.6. The standard InChI is InChI=1S/C19H23N7O/c1-27-19-5-2-14(10-20-19)11-24-8-6-15-7-9-25(12-16(15)24)18-4-3-17-22-21-13-26(17)23-18/h2-5,10,13,15-16H,6-9,11-12H2,1H3. The number of methoxy groups -OCH3 is 1. The summed E-state index contributed by atoms with van der Waals surface area (Å²) >= 11 is 0. The summed E-state index contributed by atoms with van der Waals surface area (Å²) in [5.74, 6) is 2.43. The van der Waals surface area contributed by atoms with Crippen LogP contribution in [0.2, 0.25) is 0 Å². The summed E-state index contributed by atoms with van der Waals surface area (Å²) in [7, 11) is 1.65. The summed E-state index contributed by atoms with van der Waals surface area (Å²) < 4.78 is 6.91. The van der Waals surface area contributed by atoms with Crippen molar-refractivity contribution in [2.45, 2.75) is 25.4 Å². The first-order chi connectivity index (χ1) is 13.3. The van der Waals surface area contributed by atoms with Gasteiger partial charge in [0.1, 0.15) is 12.1 Å². The Labute approximate surface area is 157 Å². The summed E-state index contributed by atoms with van der Waals surface area (Å²) in [4.78, 5) is 9.33. The van der Waals surface area contributed by atoms with Crippen molar-refractivity contribution in [1.29, 1.82) is 0 Å². The summed E-state index contributed by atoms with van der Waals surface area (Å²) in [5.41, 5.74) is 2.01. The number of ether oxygens (including phenoxy) is 1. The van der Waals surface area contributed by atoms with E-state index in [0.717, 1.165) is 43.6 Å². The summed E-state index contributed by atoms with van der Waals surface area (Å²) in [6.07, 6.45) is 6.07. The average molecular weight is 365 g/mol. The molecule has 2 atom stereocenters. The Morgan fingerprint density at radius 3 is 2.93 bits per heavy atom. The lowest BCUT2D eigenvalue weighted by Gasteiger charge is -2.39. The summed E-state index contributed by atoms with van der Waals surface area (Å²) in [6.45, 7) is 4.14. The number of nitrogens with zero attached hydrogens (tertiary/aromatic N) is 7. The lowest BCUT2D eigenvalue weighted by molar-refractivity contribution is 0.200. The summed E-state index contributed by atoms with van der Waals surface area (Å²) in [6, 6.07) is 8.64. The molecule has 8 heteroatoms. The largest absolute Gasteiger partial charge is 0.481 e. The fraction of sp³-hybridized carbons (Fsp3) is 0.474. The van der Waals surface area contributed by atoms with Crippen molar-refractivity contribution in [2.24, 2.45) is 5.92 Å². The SMILES string of the molecule is COc1ccc(CN2CCC3CCN(c4ccc5nncn5n4)CC32)cn1. The molecule has 2 aliphatic heterocycles. The smallest absolute Gasteiger partial charge is 0.212 e. The monoisotopic (exact) mass is 365 g/mol. The maximum Gasteiger partial charge on any atom is 0.212 e. The Balaban J connectivity index is 1.32. The van der Waals surface area contributed by atoms with Crippen molar-refractivity contribution in [1.82, 2.24) is 29.7 Å². The molecule has 3 aromatic heterocycles. The molecule has 3 aromatic rings. The second kappa shape index (κ2) is 6.77. The lowest BCUT2D eigenvalue weighted by Crippen LogP contribution is -2.48. The number of likely N-dealkylation sites (tertiary alicyclic amines) is 1. The Morgan fingerprint density at radius 2 is 2.07 bits per heavy atom. The number of hydrogen-bond donors (Lipinski definition) is 0. The van der Waals surface area contributed by atoms with Gasteiger partial charge in [0.15, 0.2) is 5.65 Å². The average Bonchev–Trinajstić information content (AvgIpc) is 3.34. The molecule has 2 aliphatic rings. The number of rotatable bonds is 4. The zero-order valence-corrected chi connectivity index (χ0v) is 15.4. The molecule has 2 unspecified atom stereocenters. The van der Waals surface area contributed by atoms with E-state index in [-0.39, 0.29) is 0 Å². The van der Waals surface area contributed by atoms with Crippen molar-refractivity contribution >= 4 is 11.5 Å². The molecule has 0 saturated carbocycles. The van der Waals surface area contributed by atoms with E-state index >= 15 is 0 Å². The number of hydrogen-bond acceptors (Lipinski definition) is 7. The molecule has 5 rings (SSSR count). The van der Waals surface area contributed by atoms with E-state index in [9.17, 15) is 0 Å². The molecule has 2 saturated heterocycles. The third-order valence-electron chi connectivity index (χ3n) is 5.84. The van der Waals surface area contributed by atoms with Gasteiger partial charge in [-0.15, -0.1) is 15.3 Å². The Morgan fingerprint density at radius 1 is 1.15 bits per heavy atom. The molecule has 8 nitrogen and oxygen atoms in total. The van der Waals surface area contributed by atoms with Crippen LogP contribution in [-0.4, -0.2) is 62.5 Å². The molecule has 0 spiro atoms. The van der Waals surface area contributed by atoms with Crippen LogP contribution >= 0.6 is 0 Å². The number of anilines is 1. The number of aromatic nitrogens is 5. The quantitative estimate of drug-likeness (QED) is 0.696. The van der Waals surface area contributed by atoms with Crippen LogP contribution < -0.4 is 9.64 Å². The second-order valence-corrected chi connectivity index (χ2v) is 7.36. The second-order valence-electron chi connectivity index (χ2n) is 7.36. The highest BCUT2D eigenvalue weighted by Gasteiger charge is 2.38. The van der Waals surface area contributed by atoms with Gasteiger partial charge in [0, 0.05) is 37.9 Å². The van der Waals surface area contributed by atoms with Crippen molar-refractivity contribution in [3.63, 3.8) is 0 Å². The van der Waals surface area contributed by atoms with Crippen LogP contribution in [0, 0.1) is 5.92 Å². The van der Waals surface area contributed by atoms with Crippen molar-refractivity contribution in [3.8, 4) is 5.88 Å². The molecular formula is C19H23N7O. The number of piperidine rings is 1. The van der Waals surface area contributed by atoms with E-state index in [2.05, 4.69) is 42.2 Å². The van der Waals surface area contributed by atoms with E-state index < -0.39 is 0 Å². The predicted octanol–water partition coefficient (Wildman–Crippen LogP) is 1.63. The van der Waals surface area contributed by atoms with Crippen LogP contribution in [0.25, 0.3) is 5.65 Å². The van der Waals surface area contributed by atoms with Crippen molar-refractivity contribution < 1.29 is 4.74 Å². The molecular weight excluding hydrogens is 342 g/mol. The third-order valence-corrected chi connectivity index (χ3v) is 5.84. The van der Waals surface area contributed by atoms with Gasteiger partial charge in [-0.1, -0.05) is 6.07 Å². The molecule has 27 heavy (non-hydrogen) atoms. The Bertz CT molecular complexity index is 925. The molecule has 0 radical (unpaired) electrons. The molecule has 0 bridgehead atoms. The minimum atomic E-state index is 0.555. The Hall–Kier alpha value is -2.74. The molecule has 140 valence electrons. The molecule has 0 amide bonds. The van der Waals surface area contributed by atoms with Gasteiger partial charge in [0.25, 0.3) is 0 Å². The van der Waals surface area contributed by atoms with Gasteiger partial charge in [-0.3, -0.25) is 4.90 Å². The van der Waals surface area contributed by atoms with Gasteiger partial charge in [-0.2, -0.15) is 4.52 Å². The van der Waals surface area contributed by atoms with Gasteiger partial charge in [-0.05, 0) is 43.0 Å². The molecule has 0 aliphatic carbocycles. The molecule has 5 heterocycles. The van der Waals surface area contributed by atoms with Gasteiger partial charge >= 0.3 is 0 Å². The third kappa shape index (κ3) is 3.10. The fourth-order valence-electron chi connectivity index (χ4n) is 4.38. The first-order valence-electron chi connectivity index (χ1n) is 9.45. The number of pyridine rings is 1. The zero-order valence-electron chi connectivity index (χ0n) is 15.4. The first kappa shape index (κ1) is 16.4. The van der Waals surface area contributed by atoms with E-state index in [4.69, 9.17) is 4.74 Å². The van der Waals surface area contributed by atoms with Crippen molar-refractivity contribution in [3.05, 3.63) is 42.4 Å². The van der Waals surface area contributed by atoms with Crippen LogP contribution in [0.15, 0.2) is 36.8 Å². The lowest BCUT2D eigenvalue weighted by atomic mass is 9.92. The van der Waals surface area contributed by atoms with E-state index in [1.807, 2.05) is 18.3 Å². The minimum absolute atomic E-state index is 0.555. The normalized spacial score (nSPS) is 22.9. The fourth-order valence-corrected chi connectivity index (χ4v) is 4.38. The van der Waals surface area contributed by atoms with Gasteiger partial charge in [0.05, 0.1) is 7.11 Å².